The van der Waals surface area contributed by atoms with Crippen LogP contribution in [0.25, 0.3) is 0 Å². The Morgan fingerprint density at radius 2 is 1.74 bits per heavy atom. The Kier molecular flexibility index (Phi) is 6.33. The molecule has 1 aliphatic heterocycles. The molecule has 0 aliphatic carbocycles. The van der Waals surface area contributed by atoms with Crippen LogP contribution in [-0.2, 0) is 6.54 Å². The van der Waals surface area contributed by atoms with Crippen molar-refractivity contribution in [2.75, 3.05) is 18.0 Å². The highest BCUT2D eigenvalue weighted by Crippen LogP contribution is 2.26. The van der Waals surface area contributed by atoms with Gasteiger partial charge in [0.1, 0.15) is 0 Å². The molecule has 1 saturated heterocycles. The number of pyridine rings is 1. The molecule has 1 amide bonds. The fraction of sp³-hybridized carbons (Fsp3) is 0.250. The van der Waals surface area contributed by atoms with Gasteiger partial charge in [-0.3, -0.25) is 24.8 Å². The average molecular weight is 416 g/mol. The van der Waals surface area contributed by atoms with Crippen molar-refractivity contribution in [2.45, 2.75) is 25.4 Å². The van der Waals surface area contributed by atoms with Gasteiger partial charge < -0.3 is 4.90 Å². The molecule has 1 aliphatic rings. The van der Waals surface area contributed by atoms with Crippen LogP contribution in [0.2, 0.25) is 0 Å². The number of nitro benzene ring substituents is 1. The second-order valence-electron chi connectivity index (χ2n) is 7.68. The Bertz CT molecular complexity index is 1020. The number of piperidine rings is 1. The lowest BCUT2D eigenvalue weighted by Gasteiger charge is -2.38. The van der Waals surface area contributed by atoms with E-state index in [0.717, 1.165) is 38.2 Å². The van der Waals surface area contributed by atoms with Gasteiger partial charge in [0, 0.05) is 49.6 Å². The van der Waals surface area contributed by atoms with Gasteiger partial charge in [-0.1, -0.05) is 30.3 Å². The minimum absolute atomic E-state index is 0.0290. The molecule has 7 heteroatoms. The second kappa shape index (κ2) is 9.49. The summed E-state index contributed by atoms with van der Waals surface area (Å²) in [7, 11) is 0. The molecule has 7 nitrogen and oxygen atoms in total. The van der Waals surface area contributed by atoms with Crippen LogP contribution < -0.4 is 4.90 Å². The molecule has 0 N–H and O–H groups in total. The molecule has 0 bridgehead atoms. The maximum absolute atomic E-state index is 13.4. The summed E-state index contributed by atoms with van der Waals surface area (Å²) in [5.41, 5.74) is 2.43. The average Bonchev–Trinajstić information content (AvgIpc) is 2.82. The highest BCUT2D eigenvalue weighted by Gasteiger charge is 2.30. The van der Waals surface area contributed by atoms with Crippen molar-refractivity contribution >= 4 is 17.3 Å². The molecular formula is C24H24N4O3. The minimum Gasteiger partial charge on any atom is -0.304 e. The number of hydrogen-bond donors (Lipinski definition) is 0. The molecule has 2 heterocycles. The minimum atomic E-state index is -0.463. The number of benzene rings is 2. The van der Waals surface area contributed by atoms with Gasteiger partial charge in [0.05, 0.1) is 16.8 Å². The third-order valence-electron chi connectivity index (χ3n) is 5.64. The van der Waals surface area contributed by atoms with Crippen molar-refractivity contribution in [1.82, 2.24) is 9.88 Å². The summed E-state index contributed by atoms with van der Waals surface area (Å²) in [6.07, 6.45) is 5.07. The zero-order chi connectivity index (χ0) is 21.6. The number of carbonyl (C=O) groups is 1. The van der Waals surface area contributed by atoms with E-state index in [4.69, 9.17) is 0 Å². The van der Waals surface area contributed by atoms with E-state index < -0.39 is 4.92 Å². The molecule has 0 unspecified atom stereocenters. The summed E-state index contributed by atoms with van der Waals surface area (Å²) in [6, 6.07) is 19.9. The Hall–Kier alpha value is -3.58. The van der Waals surface area contributed by atoms with E-state index in [2.05, 4.69) is 34.1 Å². The zero-order valence-electron chi connectivity index (χ0n) is 17.1. The lowest BCUT2D eigenvalue weighted by atomic mass is 10.0. The van der Waals surface area contributed by atoms with E-state index in [1.165, 1.54) is 29.8 Å². The van der Waals surface area contributed by atoms with E-state index in [-0.39, 0.29) is 17.6 Å². The van der Waals surface area contributed by atoms with Gasteiger partial charge >= 0.3 is 0 Å². The number of rotatable bonds is 6. The number of non-ortho nitro benzene ring substituents is 1. The number of amides is 1. The fourth-order valence-electron chi connectivity index (χ4n) is 4.03. The molecule has 1 aromatic heterocycles. The Morgan fingerprint density at radius 3 is 2.35 bits per heavy atom. The van der Waals surface area contributed by atoms with E-state index in [1.54, 1.807) is 17.3 Å². The lowest BCUT2D eigenvalue weighted by molar-refractivity contribution is -0.384. The van der Waals surface area contributed by atoms with Crippen molar-refractivity contribution in [3.8, 4) is 0 Å². The predicted octanol–water partition coefficient (Wildman–Crippen LogP) is 4.30. The fourth-order valence-corrected chi connectivity index (χ4v) is 4.03. The van der Waals surface area contributed by atoms with Crippen molar-refractivity contribution < 1.29 is 9.72 Å². The van der Waals surface area contributed by atoms with Gasteiger partial charge in [0.2, 0.25) is 0 Å². The summed E-state index contributed by atoms with van der Waals surface area (Å²) in [6.45, 7) is 2.69. The first-order chi connectivity index (χ1) is 15.1. The number of carbonyl (C=O) groups excluding carboxylic acids is 1. The number of likely N-dealkylation sites (tertiary alicyclic amines) is 1. The van der Waals surface area contributed by atoms with Crippen LogP contribution in [0.3, 0.4) is 0 Å². The second-order valence-corrected chi connectivity index (χ2v) is 7.68. The summed E-state index contributed by atoms with van der Waals surface area (Å²) in [5, 5.41) is 10.9. The molecule has 1 fully saturated rings. The summed E-state index contributed by atoms with van der Waals surface area (Å²) < 4.78 is 0. The highest BCUT2D eigenvalue weighted by molar-refractivity contribution is 6.06. The standard InChI is InChI=1S/C24H24N4O3/c29-24(20-8-10-22(11-9-20)28(30)31)27(23-7-4-14-25-17-23)21-12-15-26(16-13-21)18-19-5-2-1-3-6-19/h1-11,14,17,21H,12-13,15-16,18H2. The van der Waals surface area contributed by atoms with E-state index in [9.17, 15) is 14.9 Å². The number of nitro groups is 1. The molecule has 3 aromatic rings. The summed E-state index contributed by atoms with van der Waals surface area (Å²) >= 11 is 0. The SMILES string of the molecule is O=C(c1ccc([N+](=O)[O-])cc1)N(c1cccnc1)C1CCN(Cc2ccccc2)CC1. The zero-order valence-corrected chi connectivity index (χ0v) is 17.1. The quantitative estimate of drug-likeness (QED) is 0.442. The molecule has 2 aromatic carbocycles. The van der Waals surface area contributed by atoms with Crippen molar-refractivity contribution in [1.29, 1.82) is 0 Å². The highest BCUT2D eigenvalue weighted by atomic mass is 16.6. The first-order valence-corrected chi connectivity index (χ1v) is 10.4. The predicted molar refractivity (Wildman–Crippen MR) is 119 cm³/mol. The normalized spacial score (nSPS) is 14.8. The number of nitrogens with zero attached hydrogens (tertiary/aromatic N) is 4. The van der Waals surface area contributed by atoms with Crippen LogP contribution in [0.15, 0.2) is 79.1 Å². The first-order valence-electron chi connectivity index (χ1n) is 10.4. The maximum atomic E-state index is 13.4. The van der Waals surface area contributed by atoms with Crippen LogP contribution in [0.4, 0.5) is 11.4 Å². The Balaban J connectivity index is 1.51. The van der Waals surface area contributed by atoms with Gasteiger partial charge in [0.15, 0.2) is 0 Å². The van der Waals surface area contributed by atoms with E-state index >= 15 is 0 Å². The molecular weight excluding hydrogens is 392 g/mol. The topological polar surface area (TPSA) is 79.6 Å². The monoisotopic (exact) mass is 416 g/mol. The first kappa shape index (κ1) is 20.7. The third-order valence-corrected chi connectivity index (χ3v) is 5.64. The van der Waals surface area contributed by atoms with Gasteiger partial charge in [-0.15, -0.1) is 0 Å². The number of aromatic nitrogens is 1. The van der Waals surface area contributed by atoms with Crippen LogP contribution in [0.5, 0.6) is 0 Å². The van der Waals surface area contributed by atoms with Crippen LogP contribution in [0.1, 0.15) is 28.8 Å². The maximum Gasteiger partial charge on any atom is 0.269 e. The van der Waals surface area contributed by atoms with Crippen LogP contribution in [0, 0.1) is 10.1 Å². The lowest BCUT2D eigenvalue weighted by Crippen LogP contribution is -2.47. The van der Waals surface area contributed by atoms with Gasteiger partial charge in [-0.05, 0) is 42.7 Å². The molecule has 4 rings (SSSR count). The Morgan fingerprint density at radius 1 is 1.03 bits per heavy atom. The molecule has 0 radical (unpaired) electrons. The molecule has 0 saturated carbocycles. The van der Waals surface area contributed by atoms with Crippen LogP contribution in [-0.4, -0.2) is 39.8 Å². The van der Waals surface area contributed by atoms with E-state index in [1.807, 2.05) is 18.2 Å². The number of hydrogen-bond acceptors (Lipinski definition) is 5. The van der Waals surface area contributed by atoms with E-state index in [0.29, 0.717) is 5.56 Å². The van der Waals surface area contributed by atoms with Gasteiger partial charge in [-0.25, -0.2) is 0 Å². The van der Waals surface area contributed by atoms with Crippen molar-refractivity contribution in [3.63, 3.8) is 0 Å². The number of anilines is 1. The molecule has 0 atom stereocenters. The smallest absolute Gasteiger partial charge is 0.269 e. The third kappa shape index (κ3) is 4.95. The van der Waals surface area contributed by atoms with Gasteiger partial charge in [-0.2, -0.15) is 0 Å². The van der Waals surface area contributed by atoms with Gasteiger partial charge in [0.25, 0.3) is 11.6 Å². The van der Waals surface area contributed by atoms with Crippen molar-refractivity contribution in [3.05, 3.63) is 100 Å². The molecule has 0 spiro atoms. The summed E-state index contributed by atoms with van der Waals surface area (Å²) in [5.74, 6) is -0.163. The molecule has 31 heavy (non-hydrogen) atoms. The largest absolute Gasteiger partial charge is 0.304 e. The Labute approximate surface area is 181 Å². The van der Waals surface area contributed by atoms with Crippen LogP contribution >= 0.6 is 0 Å². The molecule has 158 valence electrons. The summed E-state index contributed by atoms with van der Waals surface area (Å²) in [4.78, 5) is 32.3. The van der Waals surface area contributed by atoms with Crippen molar-refractivity contribution in [2.24, 2.45) is 0 Å².